The molecule has 0 aliphatic carbocycles. The zero-order chi connectivity index (χ0) is 13.0. The number of aromatic nitrogens is 1. The Kier molecular flexibility index (Phi) is 3.94. The molecule has 0 aliphatic heterocycles. The molecular weight excluding hydrogens is 294 g/mol. The number of hydrogen-bond acceptors (Lipinski definition) is 3. The molecule has 0 aliphatic rings. The Hall–Kier alpha value is -1.88. The smallest absolute Gasteiger partial charge is 0.130 e. The van der Waals surface area contributed by atoms with Gasteiger partial charge in [-0.15, -0.1) is 0 Å². The van der Waals surface area contributed by atoms with Crippen LogP contribution >= 0.6 is 15.9 Å². The largest absolute Gasteiger partial charge is 0.487 e. The fraction of sp³-hybridized carbons (Fsp3) is 0.0769. The maximum absolute atomic E-state index is 7.28. The van der Waals surface area contributed by atoms with E-state index in [4.69, 9.17) is 15.9 Å². The van der Waals surface area contributed by atoms with Crippen molar-refractivity contribution in [1.29, 1.82) is 5.41 Å². The molecule has 0 unspecified atom stereocenters. The van der Waals surface area contributed by atoms with Gasteiger partial charge in [0, 0.05) is 16.2 Å². The Bertz CT molecular complexity index is 537. The van der Waals surface area contributed by atoms with Crippen LogP contribution in [-0.4, -0.2) is 10.8 Å². The molecule has 5 heteroatoms. The van der Waals surface area contributed by atoms with Gasteiger partial charge in [0.15, 0.2) is 0 Å². The van der Waals surface area contributed by atoms with E-state index < -0.39 is 0 Å². The SMILES string of the molecule is N=C(N)c1ccc(OCc2ccc(Br)cn2)cc1. The predicted molar refractivity (Wildman–Crippen MR) is 73.7 cm³/mol. The van der Waals surface area contributed by atoms with Crippen molar-refractivity contribution < 1.29 is 4.74 Å². The second kappa shape index (κ2) is 5.64. The van der Waals surface area contributed by atoms with Gasteiger partial charge in [-0.1, -0.05) is 0 Å². The van der Waals surface area contributed by atoms with Crippen molar-refractivity contribution in [3.63, 3.8) is 0 Å². The zero-order valence-corrected chi connectivity index (χ0v) is 11.1. The molecule has 0 radical (unpaired) electrons. The highest BCUT2D eigenvalue weighted by molar-refractivity contribution is 9.10. The number of hydrogen-bond donors (Lipinski definition) is 2. The van der Waals surface area contributed by atoms with Gasteiger partial charge in [0.05, 0.1) is 5.69 Å². The van der Waals surface area contributed by atoms with Crippen LogP contribution in [0.25, 0.3) is 0 Å². The summed E-state index contributed by atoms with van der Waals surface area (Å²) in [6.07, 6.45) is 1.73. The molecule has 3 N–H and O–H groups in total. The van der Waals surface area contributed by atoms with Crippen LogP contribution in [0.3, 0.4) is 0 Å². The number of benzene rings is 1. The first-order chi connectivity index (χ1) is 8.65. The van der Waals surface area contributed by atoms with Crippen molar-refractivity contribution in [3.8, 4) is 5.75 Å². The standard InChI is InChI=1S/C13H12BrN3O/c14-10-3-4-11(17-7-10)8-18-12-5-1-9(2-6-12)13(15)16/h1-7H,8H2,(H3,15,16). The fourth-order valence-electron chi connectivity index (χ4n) is 1.38. The lowest BCUT2D eigenvalue weighted by molar-refractivity contribution is 0.301. The van der Waals surface area contributed by atoms with Crippen molar-refractivity contribution in [2.24, 2.45) is 5.73 Å². The molecule has 4 nitrogen and oxygen atoms in total. The minimum Gasteiger partial charge on any atom is -0.487 e. The summed E-state index contributed by atoms with van der Waals surface area (Å²) < 4.78 is 6.52. The first kappa shape index (κ1) is 12.6. The van der Waals surface area contributed by atoms with Crippen molar-refractivity contribution in [3.05, 3.63) is 58.3 Å². The third kappa shape index (κ3) is 3.30. The summed E-state index contributed by atoms with van der Waals surface area (Å²) in [5.41, 5.74) is 6.91. The van der Waals surface area contributed by atoms with Crippen molar-refractivity contribution in [2.75, 3.05) is 0 Å². The summed E-state index contributed by atoms with van der Waals surface area (Å²) in [5.74, 6) is 0.779. The van der Waals surface area contributed by atoms with E-state index in [2.05, 4.69) is 20.9 Å². The molecule has 0 atom stereocenters. The second-order valence-electron chi connectivity index (χ2n) is 3.69. The number of pyridine rings is 1. The summed E-state index contributed by atoms with van der Waals surface area (Å²) in [7, 11) is 0. The molecule has 0 amide bonds. The van der Waals surface area contributed by atoms with E-state index in [1.54, 1.807) is 30.5 Å². The summed E-state index contributed by atoms with van der Waals surface area (Å²) >= 11 is 3.33. The fourth-order valence-corrected chi connectivity index (χ4v) is 1.61. The Morgan fingerprint density at radius 3 is 2.50 bits per heavy atom. The van der Waals surface area contributed by atoms with Gasteiger partial charge in [-0.2, -0.15) is 0 Å². The third-order valence-electron chi connectivity index (χ3n) is 2.34. The van der Waals surface area contributed by atoms with Crippen LogP contribution in [0.4, 0.5) is 0 Å². The van der Waals surface area contributed by atoms with Gasteiger partial charge < -0.3 is 10.5 Å². The van der Waals surface area contributed by atoms with E-state index in [1.807, 2.05) is 12.1 Å². The number of nitrogens with one attached hydrogen (secondary N) is 1. The summed E-state index contributed by atoms with van der Waals surface area (Å²) in [4.78, 5) is 4.21. The maximum atomic E-state index is 7.28. The zero-order valence-electron chi connectivity index (χ0n) is 9.56. The number of halogens is 1. The molecular formula is C13H12BrN3O. The highest BCUT2D eigenvalue weighted by Crippen LogP contribution is 2.14. The minimum absolute atomic E-state index is 0.0520. The highest BCUT2D eigenvalue weighted by atomic mass is 79.9. The topological polar surface area (TPSA) is 72.0 Å². The van der Waals surface area contributed by atoms with Gasteiger partial charge in [-0.05, 0) is 52.3 Å². The van der Waals surface area contributed by atoms with Crippen LogP contribution in [0, 0.1) is 5.41 Å². The Labute approximate surface area is 113 Å². The van der Waals surface area contributed by atoms with Crippen LogP contribution in [0.15, 0.2) is 47.1 Å². The number of nitrogens with zero attached hydrogens (tertiary/aromatic N) is 1. The van der Waals surface area contributed by atoms with Gasteiger partial charge in [0.1, 0.15) is 18.2 Å². The molecule has 1 heterocycles. The summed E-state index contributed by atoms with van der Waals surface area (Å²) in [5, 5.41) is 7.28. The quantitative estimate of drug-likeness (QED) is 0.674. The van der Waals surface area contributed by atoms with Crippen LogP contribution in [0.1, 0.15) is 11.3 Å². The average molecular weight is 306 g/mol. The minimum atomic E-state index is 0.0520. The van der Waals surface area contributed by atoms with E-state index in [0.717, 1.165) is 15.9 Å². The van der Waals surface area contributed by atoms with Gasteiger partial charge in [-0.3, -0.25) is 10.4 Å². The molecule has 92 valence electrons. The number of nitrogens with two attached hydrogens (primary N) is 1. The molecule has 1 aromatic carbocycles. The highest BCUT2D eigenvalue weighted by Gasteiger charge is 1.99. The van der Waals surface area contributed by atoms with E-state index in [1.165, 1.54) is 0 Å². The molecule has 0 saturated heterocycles. The molecule has 1 aromatic heterocycles. The van der Waals surface area contributed by atoms with Crippen LogP contribution in [0.2, 0.25) is 0 Å². The lowest BCUT2D eigenvalue weighted by Crippen LogP contribution is -2.10. The number of rotatable bonds is 4. The van der Waals surface area contributed by atoms with E-state index in [0.29, 0.717) is 12.2 Å². The van der Waals surface area contributed by atoms with Gasteiger partial charge >= 0.3 is 0 Å². The lowest BCUT2D eigenvalue weighted by atomic mass is 10.2. The van der Waals surface area contributed by atoms with E-state index >= 15 is 0 Å². The van der Waals surface area contributed by atoms with Gasteiger partial charge in [-0.25, -0.2) is 0 Å². The average Bonchev–Trinajstić information content (AvgIpc) is 2.38. The Morgan fingerprint density at radius 1 is 1.22 bits per heavy atom. The summed E-state index contributed by atoms with van der Waals surface area (Å²) in [6.45, 7) is 0.409. The van der Waals surface area contributed by atoms with E-state index in [9.17, 15) is 0 Å². The first-order valence-electron chi connectivity index (χ1n) is 5.33. The Balaban J connectivity index is 1.97. The first-order valence-corrected chi connectivity index (χ1v) is 6.12. The molecule has 0 spiro atoms. The molecule has 2 aromatic rings. The molecule has 0 saturated carbocycles. The lowest BCUT2D eigenvalue weighted by Gasteiger charge is -2.06. The van der Waals surface area contributed by atoms with Crippen LogP contribution in [0.5, 0.6) is 5.75 Å². The van der Waals surface area contributed by atoms with Crippen molar-refractivity contribution in [1.82, 2.24) is 4.98 Å². The van der Waals surface area contributed by atoms with Crippen molar-refractivity contribution in [2.45, 2.75) is 6.61 Å². The van der Waals surface area contributed by atoms with Crippen LogP contribution in [-0.2, 0) is 6.61 Å². The van der Waals surface area contributed by atoms with Gasteiger partial charge in [0.2, 0.25) is 0 Å². The number of ether oxygens (including phenoxy) is 1. The number of amidine groups is 1. The monoisotopic (exact) mass is 305 g/mol. The van der Waals surface area contributed by atoms with Gasteiger partial charge in [0.25, 0.3) is 0 Å². The maximum Gasteiger partial charge on any atom is 0.130 e. The number of nitrogen functional groups attached to an aromatic ring is 1. The van der Waals surface area contributed by atoms with Crippen molar-refractivity contribution >= 4 is 21.8 Å². The third-order valence-corrected chi connectivity index (χ3v) is 2.81. The normalized spacial score (nSPS) is 10.1. The Morgan fingerprint density at radius 2 is 1.94 bits per heavy atom. The predicted octanol–water partition coefficient (Wildman–Crippen LogP) is 2.71. The molecule has 2 rings (SSSR count). The molecule has 0 bridgehead atoms. The second-order valence-corrected chi connectivity index (χ2v) is 4.61. The molecule has 18 heavy (non-hydrogen) atoms. The summed E-state index contributed by atoms with van der Waals surface area (Å²) in [6, 6.07) is 10.9. The molecule has 0 fully saturated rings. The van der Waals surface area contributed by atoms with E-state index in [-0.39, 0.29) is 5.84 Å². The van der Waals surface area contributed by atoms with Crippen LogP contribution < -0.4 is 10.5 Å².